The second kappa shape index (κ2) is 5.56. The number of hydrogen-bond acceptors (Lipinski definition) is 2. The van der Waals surface area contributed by atoms with Crippen LogP contribution in [0.5, 0.6) is 0 Å². The molecule has 1 aromatic heterocycles. The van der Waals surface area contributed by atoms with Crippen molar-refractivity contribution in [2.45, 2.75) is 20.3 Å². The van der Waals surface area contributed by atoms with Crippen LogP contribution in [0.15, 0.2) is 59.4 Å². The zero-order valence-electron chi connectivity index (χ0n) is 12.8. The monoisotopic (exact) mass is 293 g/mol. The molecule has 0 aliphatic heterocycles. The van der Waals surface area contributed by atoms with E-state index in [0.717, 1.165) is 22.6 Å². The molecule has 0 saturated heterocycles. The molecule has 2 aromatic carbocycles. The lowest BCUT2D eigenvalue weighted by atomic mass is 10.2. The topological polar surface area (TPSA) is 53.0 Å². The van der Waals surface area contributed by atoms with Gasteiger partial charge in [0.15, 0.2) is 0 Å². The number of aromatic nitrogens is 2. The lowest BCUT2D eigenvalue weighted by Gasteiger charge is -2.14. The number of anilines is 1. The van der Waals surface area contributed by atoms with Crippen molar-refractivity contribution < 1.29 is 0 Å². The molecular weight excluding hydrogens is 274 g/mol. The molecule has 3 aromatic rings. The minimum atomic E-state index is -0.176. The van der Waals surface area contributed by atoms with E-state index in [-0.39, 0.29) is 5.56 Å². The van der Waals surface area contributed by atoms with Gasteiger partial charge in [-0.25, -0.2) is 9.36 Å². The zero-order valence-corrected chi connectivity index (χ0v) is 12.8. The van der Waals surface area contributed by atoms with Gasteiger partial charge in [-0.1, -0.05) is 42.8 Å². The largest absolute Gasteiger partial charge is 0.393 e. The summed E-state index contributed by atoms with van der Waals surface area (Å²) in [5.41, 5.74) is 9.92. The van der Waals surface area contributed by atoms with Crippen LogP contribution in [-0.2, 0) is 6.42 Å². The van der Waals surface area contributed by atoms with E-state index < -0.39 is 0 Å². The average Bonchev–Trinajstić information content (AvgIpc) is 2.80. The van der Waals surface area contributed by atoms with Crippen LogP contribution in [0.4, 0.5) is 5.69 Å². The SMILES string of the molecule is CCc1c(N)c(=O)n(-c2ccc(C)cc2)n1-c1ccccc1. The lowest BCUT2D eigenvalue weighted by molar-refractivity contribution is 0.693. The fourth-order valence-corrected chi connectivity index (χ4v) is 2.66. The lowest BCUT2D eigenvalue weighted by Crippen LogP contribution is -2.21. The van der Waals surface area contributed by atoms with Gasteiger partial charge in [0.2, 0.25) is 0 Å². The third-order valence-electron chi connectivity index (χ3n) is 3.80. The molecule has 0 fully saturated rings. The maximum atomic E-state index is 12.6. The van der Waals surface area contributed by atoms with Crippen molar-refractivity contribution in [3.05, 3.63) is 76.2 Å². The summed E-state index contributed by atoms with van der Waals surface area (Å²) in [6.07, 6.45) is 0.689. The molecule has 2 N–H and O–H groups in total. The van der Waals surface area contributed by atoms with Crippen molar-refractivity contribution in [3.63, 3.8) is 0 Å². The highest BCUT2D eigenvalue weighted by Crippen LogP contribution is 2.20. The zero-order chi connectivity index (χ0) is 15.7. The summed E-state index contributed by atoms with van der Waals surface area (Å²) in [6, 6.07) is 17.7. The van der Waals surface area contributed by atoms with Crippen molar-refractivity contribution in [3.8, 4) is 11.4 Å². The fraction of sp³-hybridized carbons (Fsp3) is 0.167. The third kappa shape index (κ3) is 2.22. The van der Waals surface area contributed by atoms with Gasteiger partial charge in [0.05, 0.1) is 17.1 Å². The number of aryl methyl sites for hydroxylation is 1. The molecule has 3 rings (SSSR count). The van der Waals surface area contributed by atoms with Gasteiger partial charge in [-0.05, 0) is 37.6 Å². The van der Waals surface area contributed by atoms with Gasteiger partial charge < -0.3 is 5.73 Å². The molecule has 112 valence electrons. The highest BCUT2D eigenvalue weighted by atomic mass is 16.1. The molecule has 0 saturated carbocycles. The summed E-state index contributed by atoms with van der Waals surface area (Å²) in [6.45, 7) is 4.03. The van der Waals surface area contributed by atoms with Gasteiger partial charge >= 0.3 is 0 Å². The molecule has 22 heavy (non-hydrogen) atoms. The van der Waals surface area contributed by atoms with Crippen molar-refractivity contribution in [2.75, 3.05) is 5.73 Å². The third-order valence-corrected chi connectivity index (χ3v) is 3.80. The van der Waals surface area contributed by atoms with Crippen molar-refractivity contribution >= 4 is 5.69 Å². The van der Waals surface area contributed by atoms with Crippen LogP contribution >= 0.6 is 0 Å². The summed E-state index contributed by atoms with van der Waals surface area (Å²) >= 11 is 0. The average molecular weight is 293 g/mol. The van der Waals surface area contributed by atoms with Gasteiger partial charge in [-0.2, -0.15) is 0 Å². The maximum absolute atomic E-state index is 12.6. The number of nitrogen functional groups attached to an aromatic ring is 1. The Kier molecular flexibility index (Phi) is 3.59. The molecular formula is C18H19N3O. The first kappa shape index (κ1) is 14.2. The Bertz CT molecular complexity index is 843. The van der Waals surface area contributed by atoms with E-state index in [9.17, 15) is 4.79 Å². The predicted octanol–water partition coefficient (Wildman–Crippen LogP) is 3.08. The van der Waals surface area contributed by atoms with Gasteiger partial charge in [0.1, 0.15) is 5.69 Å². The van der Waals surface area contributed by atoms with E-state index in [2.05, 4.69) is 0 Å². The summed E-state index contributed by atoms with van der Waals surface area (Å²) in [7, 11) is 0. The van der Waals surface area contributed by atoms with Crippen molar-refractivity contribution in [1.29, 1.82) is 0 Å². The van der Waals surface area contributed by atoms with E-state index in [1.165, 1.54) is 0 Å². The second-order valence-corrected chi connectivity index (χ2v) is 5.31. The first-order chi connectivity index (χ1) is 10.6. The van der Waals surface area contributed by atoms with Gasteiger partial charge in [-0.3, -0.25) is 4.79 Å². The number of hydrogen-bond donors (Lipinski definition) is 1. The summed E-state index contributed by atoms with van der Waals surface area (Å²) in [5, 5.41) is 0. The molecule has 0 aliphatic rings. The van der Waals surface area contributed by atoms with Crippen LogP contribution < -0.4 is 11.3 Å². The van der Waals surface area contributed by atoms with E-state index in [4.69, 9.17) is 5.73 Å². The van der Waals surface area contributed by atoms with Crippen LogP contribution in [0.3, 0.4) is 0 Å². The Morgan fingerprint density at radius 3 is 2.09 bits per heavy atom. The van der Waals surface area contributed by atoms with Crippen LogP contribution in [-0.4, -0.2) is 9.36 Å². The molecule has 0 amide bonds. The standard InChI is InChI=1S/C18H19N3O/c1-3-16-17(19)18(22)21(15-11-9-13(2)10-12-15)20(16)14-7-5-4-6-8-14/h4-12H,3,19H2,1-2H3. The first-order valence-electron chi connectivity index (χ1n) is 7.38. The van der Waals surface area contributed by atoms with Crippen LogP contribution in [0, 0.1) is 6.92 Å². The van der Waals surface area contributed by atoms with Gasteiger partial charge in [0, 0.05) is 0 Å². The molecule has 0 unspecified atom stereocenters. The minimum Gasteiger partial charge on any atom is -0.393 e. The molecule has 0 atom stereocenters. The van der Waals surface area contributed by atoms with E-state index >= 15 is 0 Å². The first-order valence-corrected chi connectivity index (χ1v) is 7.38. The summed E-state index contributed by atoms with van der Waals surface area (Å²) in [5.74, 6) is 0. The quantitative estimate of drug-likeness (QED) is 0.807. The fourth-order valence-electron chi connectivity index (χ4n) is 2.66. The highest BCUT2D eigenvalue weighted by Gasteiger charge is 2.18. The smallest absolute Gasteiger partial charge is 0.295 e. The second-order valence-electron chi connectivity index (χ2n) is 5.31. The summed E-state index contributed by atoms with van der Waals surface area (Å²) < 4.78 is 3.55. The van der Waals surface area contributed by atoms with E-state index in [0.29, 0.717) is 12.1 Å². The van der Waals surface area contributed by atoms with Gasteiger partial charge in [-0.15, -0.1) is 0 Å². The number of nitrogens with two attached hydrogens (primary N) is 1. The molecule has 0 bridgehead atoms. The normalized spacial score (nSPS) is 10.8. The van der Waals surface area contributed by atoms with Crippen LogP contribution in [0.25, 0.3) is 11.4 Å². The number of rotatable bonds is 3. The summed E-state index contributed by atoms with van der Waals surface area (Å²) in [4.78, 5) is 12.6. The molecule has 4 nitrogen and oxygen atoms in total. The Balaban J connectivity index is 2.34. The van der Waals surface area contributed by atoms with Gasteiger partial charge in [0.25, 0.3) is 5.56 Å². The molecule has 0 aliphatic carbocycles. The van der Waals surface area contributed by atoms with Crippen LogP contribution in [0.2, 0.25) is 0 Å². The minimum absolute atomic E-state index is 0.176. The highest BCUT2D eigenvalue weighted by molar-refractivity contribution is 5.50. The Morgan fingerprint density at radius 2 is 1.50 bits per heavy atom. The molecule has 4 heteroatoms. The Morgan fingerprint density at radius 1 is 0.909 bits per heavy atom. The molecule has 0 spiro atoms. The number of para-hydroxylation sites is 1. The number of nitrogens with zero attached hydrogens (tertiary/aromatic N) is 2. The Labute approximate surface area is 129 Å². The Hall–Kier alpha value is -2.75. The van der Waals surface area contributed by atoms with E-state index in [1.54, 1.807) is 4.68 Å². The number of benzene rings is 2. The van der Waals surface area contributed by atoms with Crippen molar-refractivity contribution in [2.24, 2.45) is 0 Å². The van der Waals surface area contributed by atoms with E-state index in [1.807, 2.05) is 73.1 Å². The maximum Gasteiger partial charge on any atom is 0.295 e. The van der Waals surface area contributed by atoms with Crippen molar-refractivity contribution in [1.82, 2.24) is 9.36 Å². The van der Waals surface area contributed by atoms with Crippen LogP contribution in [0.1, 0.15) is 18.2 Å². The molecule has 1 heterocycles. The predicted molar refractivity (Wildman–Crippen MR) is 89.9 cm³/mol. The molecule has 0 radical (unpaired) electrons.